The molecule has 0 spiro atoms. The van der Waals surface area contributed by atoms with Gasteiger partial charge in [0, 0.05) is 23.0 Å². The molecule has 4 rings (SSSR count). The van der Waals surface area contributed by atoms with E-state index >= 15 is 0 Å². The topological polar surface area (TPSA) is 31.2 Å². The smallest absolute Gasteiger partial charge is 0.202 e. The van der Waals surface area contributed by atoms with Crippen LogP contribution in [0.5, 0.6) is 5.75 Å². The van der Waals surface area contributed by atoms with Crippen LogP contribution >= 0.6 is 0 Å². The summed E-state index contributed by atoms with van der Waals surface area (Å²) in [6.45, 7) is 4.26. The van der Waals surface area contributed by atoms with E-state index in [-0.39, 0.29) is 12.4 Å². The van der Waals surface area contributed by atoms with E-state index in [4.69, 9.17) is 4.74 Å². The Kier molecular flexibility index (Phi) is 3.95. The molecule has 126 valence electrons. The predicted octanol–water partition coefficient (Wildman–Crippen LogP) is 4.58. The molecule has 0 atom stereocenters. The lowest BCUT2D eigenvalue weighted by atomic mass is 9.92. The fourth-order valence-electron chi connectivity index (χ4n) is 3.98. The zero-order valence-corrected chi connectivity index (χ0v) is 14.6. The Morgan fingerprint density at radius 2 is 1.88 bits per heavy atom. The number of aromatic nitrogens is 1. The van der Waals surface area contributed by atoms with E-state index in [0.29, 0.717) is 6.04 Å². The Bertz CT molecular complexity index is 783. The second-order valence-corrected chi connectivity index (χ2v) is 7.24. The van der Waals surface area contributed by atoms with E-state index in [0.717, 1.165) is 23.4 Å². The molecule has 3 heteroatoms. The Hall–Kier alpha value is -2.03. The minimum Gasteiger partial charge on any atom is -0.485 e. The number of rotatable bonds is 5. The fraction of sp³-hybridized carbons (Fsp3) is 0.476. The summed E-state index contributed by atoms with van der Waals surface area (Å²) < 4.78 is 8.12. The maximum atomic E-state index is 12.6. The van der Waals surface area contributed by atoms with Gasteiger partial charge in [-0.3, -0.25) is 4.79 Å². The van der Waals surface area contributed by atoms with E-state index in [9.17, 15) is 4.79 Å². The summed E-state index contributed by atoms with van der Waals surface area (Å²) in [6, 6.07) is 8.91. The maximum absolute atomic E-state index is 12.6. The summed E-state index contributed by atoms with van der Waals surface area (Å²) in [5, 5.41) is 0. The average Bonchev–Trinajstić information content (AvgIpc) is 3.37. The largest absolute Gasteiger partial charge is 0.485 e. The molecule has 2 aliphatic rings. The highest BCUT2D eigenvalue weighted by Gasteiger charge is 2.28. The van der Waals surface area contributed by atoms with Crippen LogP contribution in [0.3, 0.4) is 0 Å². The second kappa shape index (κ2) is 6.12. The van der Waals surface area contributed by atoms with Crippen molar-refractivity contribution in [1.82, 2.24) is 4.57 Å². The van der Waals surface area contributed by atoms with Crippen molar-refractivity contribution < 1.29 is 9.53 Å². The van der Waals surface area contributed by atoms with Gasteiger partial charge in [-0.25, -0.2) is 0 Å². The second-order valence-electron chi connectivity index (χ2n) is 7.24. The lowest BCUT2D eigenvalue weighted by Crippen LogP contribution is -2.13. The van der Waals surface area contributed by atoms with Crippen molar-refractivity contribution in [3.05, 3.63) is 52.3 Å². The van der Waals surface area contributed by atoms with Crippen LogP contribution in [0.1, 0.15) is 64.6 Å². The minimum absolute atomic E-state index is 0.0766. The first kappa shape index (κ1) is 15.5. The van der Waals surface area contributed by atoms with E-state index in [1.54, 1.807) is 0 Å². The number of nitrogens with zero attached hydrogens (tertiary/aromatic N) is 1. The number of benzene rings is 1. The van der Waals surface area contributed by atoms with E-state index in [2.05, 4.69) is 30.5 Å². The van der Waals surface area contributed by atoms with Gasteiger partial charge in [-0.05, 0) is 81.7 Å². The van der Waals surface area contributed by atoms with Crippen molar-refractivity contribution in [1.29, 1.82) is 0 Å². The standard InChI is InChI=1S/C21H25NO2/c1-14-11-20(15(2)22(14)18-8-9-18)21(23)13-24-19-10-7-16-5-3-4-6-17(16)12-19/h7,10-12,18H,3-6,8-9,13H2,1-2H3. The third-order valence-corrected chi connectivity index (χ3v) is 5.39. The highest BCUT2D eigenvalue weighted by atomic mass is 16.5. The minimum atomic E-state index is 0.0766. The summed E-state index contributed by atoms with van der Waals surface area (Å²) in [5.74, 6) is 0.896. The molecule has 24 heavy (non-hydrogen) atoms. The predicted molar refractivity (Wildman–Crippen MR) is 95.1 cm³/mol. The third kappa shape index (κ3) is 2.88. The quantitative estimate of drug-likeness (QED) is 0.754. The van der Waals surface area contributed by atoms with Crippen LogP contribution in [0.15, 0.2) is 24.3 Å². The molecule has 1 aromatic carbocycles. The van der Waals surface area contributed by atoms with Crippen LogP contribution in [0.2, 0.25) is 0 Å². The lowest BCUT2D eigenvalue weighted by molar-refractivity contribution is 0.0920. The molecular weight excluding hydrogens is 298 g/mol. The van der Waals surface area contributed by atoms with E-state index in [1.165, 1.54) is 48.9 Å². The molecule has 1 aromatic heterocycles. The van der Waals surface area contributed by atoms with Gasteiger partial charge >= 0.3 is 0 Å². The molecule has 2 aliphatic carbocycles. The number of fused-ring (bicyclic) bond motifs is 1. The van der Waals surface area contributed by atoms with E-state index < -0.39 is 0 Å². The Labute approximate surface area is 143 Å². The van der Waals surface area contributed by atoms with Gasteiger partial charge in [-0.15, -0.1) is 0 Å². The first-order valence-corrected chi connectivity index (χ1v) is 9.09. The van der Waals surface area contributed by atoms with Crippen LogP contribution in [0, 0.1) is 13.8 Å². The van der Waals surface area contributed by atoms with Gasteiger partial charge in [0.25, 0.3) is 0 Å². The van der Waals surface area contributed by atoms with Crippen molar-refractivity contribution >= 4 is 5.78 Å². The number of hydrogen-bond acceptors (Lipinski definition) is 2. The zero-order chi connectivity index (χ0) is 16.7. The van der Waals surface area contributed by atoms with Gasteiger partial charge in [-0.1, -0.05) is 6.07 Å². The van der Waals surface area contributed by atoms with Crippen molar-refractivity contribution in [2.75, 3.05) is 6.61 Å². The molecule has 1 heterocycles. The molecule has 1 fully saturated rings. The normalized spacial score (nSPS) is 16.8. The van der Waals surface area contributed by atoms with E-state index in [1.807, 2.05) is 12.1 Å². The summed E-state index contributed by atoms with van der Waals surface area (Å²) in [6.07, 6.45) is 7.29. The highest BCUT2D eigenvalue weighted by molar-refractivity contribution is 5.98. The number of ether oxygens (including phenoxy) is 1. The Balaban J connectivity index is 1.46. The number of carbonyl (C=O) groups excluding carboxylic acids is 1. The van der Waals surface area contributed by atoms with Crippen LogP contribution in [0.4, 0.5) is 0 Å². The molecule has 0 aliphatic heterocycles. The summed E-state index contributed by atoms with van der Waals surface area (Å²) in [4.78, 5) is 12.6. The van der Waals surface area contributed by atoms with Crippen molar-refractivity contribution in [3.63, 3.8) is 0 Å². The summed E-state index contributed by atoms with van der Waals surface area (Å²) in [5.41, 5.74) is 5.92. The summed E-state index contributed by atoms with van der Waals surface area (Å²) in [7, 11) is 0. The Morgan fingerprint density at radius 1 is 1.12 bits per heavy atom. The maximum Gasteiger partial charge on any atom is 0.202 e. The number of ketones is 1. The van der Waals surface area contributed by atoms with Crippen LogP contribution in [-0.4, -0.2) is 17.0 Å². The van der Waals surface area contributed by atoms with Crippen molar-refractivity contribution in [2.45, 2.75) is 58.4 Å². The van der Waals surface area contributed by atoms with Crippen molar-refractivity contribution in [3.8, 4) is 5.75 Å². The summed E-state index contributed by atoms with van der Waals surface area (Å²) >= 11 is 0. The monoisotopic (exact) mass is 323 g/mol. The zero-order valence-electron chi connectivity index (χ0n) is 14.6. The van der Waals surface area contributed by atoms with Crippen LogP contribution < -0.4 is 4.74 Å². The van der Waals surface area contributed by atoms with Crippen molar-refractivity contribution in [2.24, 2.45) is 0 Å². The Morgan fingerprint density at radius 3 is 2.62 bits per heavy atom. The number of carbonyl (C=O) groups is 1. The lowest BCUT2D eigenvalue weighted by Gasteiger charge is -2.16. The number of aryl methyl sites for hydroxylation is 3. The first-order chi connectivity index (χ1) is 11.6. The highest BCUT2D eigenvalue weighted by Crippen LogP contribution is 2.38. The van der Waals surface area contributed by atoms with Crippen LogP contribution in [-0.2, 0) is 12.8 Å². The molecular formula is C21H25NO2. The molecule has 0 saturated heterocycles. The fourth-order valence-corrected chi connectivity index (χ4v) is 3.98. The SMILES string of the molecule is Cc1cc(C(=O)COc2ccc3c(c2)CCCC3)c(C)n1C1CC1. The average molecular weight is 323 g/mol. The van der Waals surface area contributed by atoms with Gasteiger partial charge in [0.05, 0.1) is 0 Å². The van der Waals surface area contributed by atoms with Gasteiger partial charge in [0.1, 0.15) is 5.75 Å². The molecule has 1 saturated carbocycles. The molecule has 0 unspecified atom stereocenters. The molecule has 0 bridgehead atoms. The molecule has 0 amide bonds. The van der Waals surface area contributed by atoms with Gasteiger partial charge in [0.2, 0.25) is 5.78 Å². The number of hydrogen-bond donors (Lipinski definition) is 0. The third-order valence-electron chi connectivity index (χ3n) is 5.39. The molecule has 0 N–H and O–H groups in total. The van der Waals surface area contributed by atoms with Gasteiger partial charge in [-0.2, -0.15) is 0 Å². The first-order valence-electron chi connectivity index (χ1n) is 9.09. The molecule has 2 aromatic rings. The molecule has 0 radical (unpaired) electrons. The number of Topliss-reactive ketones (excluding diaryl/α,β-unsaturated/α-hetero) is 1. The van der Waals surface area contributed by atoms with Gasteiger partial charge in [0.15, 0.2) is 6.61 Å². The van der Waals surface area contributed by atoms with Gasteiger partial charge < -0.3 is 9.30 Å². The molecule has 3 nitrogen and oxygen atoms in total. The van der Waals surface area contributed by atoms with Crippen LogP contribution in [0.25, 0.3) is 0 Å².